The Morgan fingerprint density at radius 3 is 2.57 bits per heavy atom. The Balaban J connectivity index is 2.20. The molecular formula is C19H23NO3. The molecule has 4 nitrogen and oxygen atoms in total. The number of aryl methyl sites for hydroxylation is 1. The van der Waals surface area contributed by atoms with Crippen molar-refractivity contribution in [3.8, 4) is 5.75 Å². The number of para-hydroxylation sites is 1. The van der Waals surface area contributed by atoms with Crippen LogP contribution in [-0.4, -0.2) is 19.1 Å². The summed E-state index contributed by atoms with van der Waals surface area (Å²) in [5.74, 6) is 0.575. The average Bonchev–Trinajstić information content (AvgIpc) is 2.54. The van der Waals surface area contributed by atoms with Gasteiger partial charge in [-0.1, -0.05) is 18.2 Å². The van der Waals surface area contributed by atoms with Crippen molar-refractivity contribution in [1.82, 2.24) is 0 Å². The molecule has 2 rings (SSSR count). The van der Waals surface area contributed by atoms with Crippen molar-refractivity contribution in [2.75, 3.05) is 12.4 Å². The number of ether oxygens (including phenoxy) is 2. The van der Waals surface area contributed by atoms with E-state index in [1.807, 2.05) is 51.1 Å². The lowest BCUT2D eigenvalue weighted by atomic mass is 10.1. The molecule has 2 aromatic rings. The maximum absolute atomic E-state index is 12.5. The first-order valence-electron chi connectivity index (χ1n) is 7.66. The number of hydrogen-bond donors (Lipinski definition) is 1. The summed E-state index contributed by atoms with van der Waals surface area (Å²) in [4.78, 5) is 12.5. The first-order chi connectivity index (χ1) is 11.0. The van der Waals surface area contributed by atoms with Crippen molar-refractivity contribution >= 4 is 11.6 Å². The van der Waals surface area contributed by atoms with Gasteiger partial charge in [0.05, 0.1) is 19.8 Å². The molecule has 0 bridgehead atoms. The topological polar surface area (TPSA) is 47.6 Å². The van der Waals surface area contributed by atoms with Crippen LogP contribution in [0.3, 0.4) is 0 Å². The molecule has 0 unspecified atom stereocenters. The van der Waals surface area contributed by atoms with Gasteiger partial charge in [-0.2, -0.15) is 0 Å². The molecule has 0 aromatic heterocycles. The number of carbonyl (C=O) groups excluding carboxylic acids is 1. The number of amides is 1. The second-order valence-corrected chi connectivity index (χ2v) is 5.66. The van der Waals surface area contributed by atoms with E-state index in [4.69, 9.17) is 9.47 Å². The van der Waals surface area contributed by atoms with Gasteiger partial charge in [0.15, 0.2) is 0 Å². The van der Waals surface area contributed by atoms with Gasteiger partial charge in [-0.25, -0.2) is 0 Å². The molecule has 0 aliphatic heterocycles. The van der Waals surface area contributed by atoms with Crippen molar-refractivity contribution in [1.29, 1.82) is 0 Å². The molecule has 23 heavy (non-hydrogen) atoms. The molecule has 0 aliphatic rings. The van der Waals surface area contributed by atoms with Crippen LogP contribution in [0.15, 0.2) is 42.5 Å². The number of benzene rings is 2. The molecule has 0 saturated heterocycles. The zero-order valence-electron chi connectivity index (χ0n) is 14.1. The third kappa shape index (κ3) is 4.57. The molecule has 0 atom stereocenters. The van der Waals surface area contributed by atoms with Gasteiger partial charge in [0, 0.05) is 16.8 Å². The molecule has 0 spiro atoms. The Morgan fingerprint density at radius 2 is 1.91 bits per heavy atom. The summed E-state index contributed by atoms with van der Waals surface area (Å²) in [5, 5.41) is 2.94. The summed E-state index contributed by atoms with van der Waals surface area (Å²) in [6.45, 7) is 6.32. The van der Waals surface area contributed by atoms with Gasteiger partial charge in [-0.3, -0.25) is 4.79 Å². The van der Waals surface area contributed by atoms with Crippen LogP contribution in [0, 0.1) is 6.92 Å². The van der Waals surface area contributed by atoms with E-state index >= 15 is 0 Å². The molecule has 0 saturated carbocycles. The normalized spacial score (nSPS) is 10.7. The first-order valence-corrected chi connectivity index (χ1v) is 7.66. The highest BCUT2D eigenvalue weighted by Crippen LogP contribution is 2.22. The maximum Gasteiger partial charge on any atom is 0.255 e. The minimum atomic E-state index is -0.146. The van der Waals surface area contributed by atoms with Gasteiger partial charge in [-0.05, 0) is 50.6 Å². The number of carbonyl (C=O) groups is 1. The number of methoxy groups -OCH3 is 1. The first kappa shape index (κ1) is 17.0. The SMILES string of the molecule is COc1ccc(C(=O)Nc2ccccc2C)cc1COC(C)C. The highest BCUT2D eigenvalue weighted by Gasteiger charge is 2.12. The zero-order valence-corrected chi connectivity index (χ0v) is 14.1. The largest absolute Gasteiger partial charge is 0.496 e. The lowest BCUT2D eigenvalue weighted by Gasteiger charge is -2.13. The van der Waals surface area contributed by atoms with E-state index in [9.17, 15) is 4.79 Å². The summed E-state index contributed by atoms with van der Waals surface area (Å²) < 4.78 is 11.0. The lowest BCUT2D eigenvalue weighted by molar-refractivity contribution is 0.0644. The number of rotatable bonds is 6. The zero-order chi connectivity index (χ0) is 16.8. The Hall–Kier alpha value is -2.33. The van der Waals surface area contributed by atoms with Gasteiger partial charge in [-0.15, -0.1) is 0 Å². The molecule has 2 aromatic carbocycles. The van der Waals surface area contributed by atoms with Crippen LogP contribution in [0.4, 0.5) is 5.69 Å². The lowest BCUT2D eigenvalue weighted by Crippen LogP contribution is -2.13. The van der Waals surface area contributed by atoms with Crippen molar-refractivity contribution < 1.29 is 14.3 Å². The maximum atomic E-state index is 12.5. The quantitative estimate of drug-likeness (QED) is 0.870. The van der Waals surface area contributed by atoms with Crippen LogP contribution in [0.2, 0.25) is 0 Å². The summed E-state index contributed by atoms with van der Waals surface area (Å²) in [5.41, 5.74) is 3.28. The van der Waals surface area contributed by atoms with E-state index in [1.165, 1.54) is 0 Å². The predicted octanol–water partition coefficient (Wildman–Crippen LogP) is 4.18. The minimum absolute atomic E-state index is 0.115. The number of anilines is 1. The van der Waals surface area contributed by atoms with Crippen molar-refractivity contribution in [3.63, 3.8) is 0 Å². The molecule has 0 radical (unpaired) electrons. The monoisotopic (exact) mass is 313 g/mol. The van der Waals surface area contributed by atoms with Crippen LogP contribution < -0.4 is 10.1 Å². The third-order valence-electron chi connectivity index (χ3n) is 3.51. The second kappa shape index (κ2) is 7.79. The standard InChI is InChI=1S/C19H23NO3/c1-13(2)23-12-16-11-15(9-10-18(16)22-4)19(21)20-17-8-6-5-7-14(17)3/h5-11,13H,12H2,1-4H3,(H,20,21). The molecule has 1 amide bonds. The smallest absolute Gasteiger partial charge is 0.255 e. The summed E-state index contributed by atoms with van der Waals surface area (Å²) in [6.07, 6.45) is 0.115. The fourth-order valence-corrected chi connectivity index (χ4v) is 2.20. The fourth-order valence-electron chi connectivity index (χ4n) is 2.20. The molecule has 0 aliphatic carbocycles. The number of nitrogens with one attached hydrogen (secondary N) is 1. The van der Waals surface area contributed by atoms with Crippen LogP contribution in [0.1, 0.15) is 35.3 Å². The van der Waals surface area contributed by atoms with Crippen molar-refractivity contribution in [2.24, 2.45) is 0 Å². The minimum Gasteiger partial charge on any atom is -0.496 e. The molecular weight excluding hydrogens is 290 g/mol. The summed E-state index contributed by atoms with van der Waals surface area (Å²) in [7, 11) is 1.61. The number of hydrogen-bond acceptors (Lipinski definition) is 3. The van der Waals surface area contributed by atoms with E-state index in [-0.39, 0.29) is 12.0 Å². The van der Waals surface area contributed by atoms with E-state index in [2.05, 4.69) is 5.32 Å². The van der Waals surface area contributed by atoms with Gasteiger partial charge in [0.25, 0.3) is 5.91 Å². The molecule has 122 valence electrons. The molecule has 0 heterocycles. The Morgan fingerprint density at radius 1 is 1.17 bits per heavy atom. The Kier molecular flexibility index (Phi) is 5.77. The van der Waals surface area contributed by atoms with Gasteiger partial charge in [0.1, 0.15) is 5.75 Å². The van der Waals surface area contributed by atoms with E-state index in [0.717, 1.165) is 22.6 Å². The summed E-state index contributed by atoms with van der Waals surface area (Å²) in [6, 6.07) is 13.1. The highest BCUT2D eigenvalue weighted by molar-refractivity contribution is 6.04. The Labute approximate surface area is 137 Å². The third-order valence-corrected chi connectivity index (χ3v) is 3.51. The van der Waals surface area contributed by atoms with E-state index < -0.39 is 0 Å². The molecule has 0 fully saturated rings. The van der Waals surface area contributed by atoms with E-state index in [1.54, 1.807) is 19.2 Å². The highest BCUT2D eigenvalue weighted by atomic mass is 16.5. The van der Waals surface area contributed by atoms with Crippen molar-refractivity contribution in [2.45, 2.75) is 33.5 Å². The summed E-state index contributed by atoms with van der Waals surface area (Å²) >= 11 is 0. The van der Waals surface area contributed by atoms with Gasteiger partial charge >= 0.3 is 0 Å². The van der Waals surface area contributed by atoms with Gasteiger partial charge < -0.3 is 14.8 Å². The van der Waals surface area contributed by atoms with Crippen LogP contribution in [-0.2, 0) is 11.3 Å². The fraction of sp³-hybridized carbons (Fsp3) is 0.316. The predicted molar refractivity (Wildman–Crippen MR) is 92.1 cm³/mol. The second-order valence-electron chi connectivity index (χ2n) is 5.66. The van der Waals surface area contributed by atoms with Gasteiger partial charge in [0.2, 0.25) is 0 Å². The molecule has 1 N–H and O–H groups in total. The Bertz CT molecular complexity index is 680. The molecule has 4 heteroatoms. The van der Waals surface area contributed by atoms with E-state index in [0.29, 0.717) is 12.2 Å². The van der Waals surface area contributed by atoms with Crippen LogP contribution in [0.5, 0.6) is 5.75 Å². The van der Waals surface area contributed by atoms with Crippen molar-refractivity contribution in [3.05, 3.63) is 59.2 Å². The van der Waals surface area contributed by atoms with Crippen LogP contribution >= 0.6 is 0 Å². The van der Waals surface area contributed by atoms with Crippen LogP contribution in [0.25, 0.3) is 0 Å². The average molecular weight is 313 g/mol.